The molecule has 1 heterocycles. The third kappa shape index (κ3) is 5.10. The molecule has 0 radical (unpaired) electrons. The lowest BCUT2D eigenvalue weighted by atomic mass is 10.1. The zero-order valence-electron chi connectivity index (χ0n) is 13.8. The van der Waals surface area contributed by atoms with Gasteiger partial charge in [0.2, 0.25) is 0 Å². The summed E-state index contributed by atoms with van der Waals surface area (Å²) in [5.74, 6) is 0.637. The van der Waals surface area contributed by atoms with Crippen LogP contribution < -0.4 is 10.1 Å². The summed E-state index contributed by atoms with van der Waals surface area (Å²) in [6, 6.07) is 7.73. The van der Waals surface area contributed by atoms with Crippen LogP contribution in [0.5, 0.6) is 5.75 Å². The van der Waals surface area contributed by atoms with Crippen molar-refractivity contribution >= 4 is 5.91 Å². The lowest BCUT2D eigenvalue weighted by molar-refractivity contribution is 0.0941. The number of hydrogen-bond acceptors (Lipinski definition) is 4. The average molecular weight is 317 g/mol. The second-order valence-electron chi connectivity index (χ2n) is 5.39. The molecule has 124 valence electrons. The number of benzene rings is 1. The maximum atomic E-state index is 11.9. The number of amides is 1. The van der Waals surface area contributed by atoms with Crippen LogP contribution >= 0.6 is 0 Å². The standard InChI is InChI=1S/C17H23N3O3/c1-13-5-6-14(2)16(11-13)23-12-20-9-7-15(19-20)17(21)18-8-4-10-22-3/h5-7,9,11H,4,8,10,12H2,1-3H3,(H,18,21). The minimum atomic E-state index is -0.188. The first kappa shape index (κ1) is 17.0. The highest BCUT2D eigenvalue weighted by molar-refractivity contribution is 5.92. The second kappa shape index (κ2) is 8.33. The van der Waals surface area contributed by atoms with Crippen molar-refractivity contribution in [2.75, 3.05) is 20.3 Å². The van der Waals surface area contributed by atoms with Crippen molar-refractivity contribution in [3.05, 3.63) is 47.3 Å². The summed E-state index contributed by atoms with van der Waals surface area (Å²) in [7, 11) is 1.64. The molecule has 0 bridgehead atoms. The van der Waals surface area contributed by atoms with Gasteiger partial charge in [-0.15, -0.1) is 0 Å². The largest absolute Gasteiger partial charge is 0.471 e. The molecule has 6 heteroatoms. The molecule has 1 aromatic carbocycles. The molecule has 1 aromatic heterocycles. The molecule has 0 unspecified atom stereocenters. The number of rotatable bonds is 8. The molecule has 0 aliphatic heterocycles. The van der Waals surface area contributed by atoms with Crippen LogP contribution in [0.25, 0.3) is 0 Å². The van der Waals surface area contributed by atoms with Gasteiger partial charge in [-0.2, -0.15) is 5.10 Å². The number of aromatic nitrogens is 2. The number of hydrogen-bond donors (Lipinski definition) is 1. The average Bonchev–Trinajstić information content (AvgIpc) is 3.01. The molecule has 0 saturated heterocycles. The van der Waals surface area contributed by atoms with Crippen molar-refractivity contribution in [1.82, 2.24) is 15.1 Å². The Hall–Kier alpha value is -2.34. The molecule has 2 aromatic rings. The van der Waals surface area contributed by atoms with Crippen LogP contribution in [0.4, 0.5) is 0 Å². The Kier molecular flexibility index (Phi) is 6.17. The number of ether oxygens (including phenoxy) is 2. The highest BCUT2D eigenvalue weighted by atomic mass is 16.5. The van der Waals surface area contributed by atoms with E-state index in [-0.39, 0.29) is 12.6 Å². The van der Waals surface area contributed by atoms with Gasteiger partial charge in [0.15, 0.2) is 6.73 Å². The molecule has 0 fully saturated rings. The first-order valence-corrected chi connectivity index (χ1v) is 7.61. The van der Waals surface area contributed by atoms with Gasteiger partial charge in [0.25, 0.3) is 5.91 Å². The lowest BCUT2D eigenvalue weighted by Gasteiger charge is -2.09. The van der Waals surface area contributed by atoms with Crippen molar-refractivity contribution < 1.29 is 14.3 Å². The molecular formula is C17H23N3O3. The molecular weight excluding hydrogens is 294 g/mol. The maximum absolute atomic E-state index is 11.9. The Bertz CT molecular complexity index is 652. The van der Waals surface area contributed by atoms with Crippen LogP contribution in [-0.2, 0) is 11.5 Å². The van der Waals surface area contributed by atoms with Gasteiger partial charge in [-0.3, -0.25) is 4.79 Å². The predicted molar refractivity (Wildman–Crippen MR) is 87.6 cm³/mol. The quantitative estimate of drug-likeness (QED) is 0.759. The maximum Gasteiger partial charge on any atom is 0.271 e. The van der Waals surface area contributed by atoms with Crippen molar-refractivity contribution in [2.24, 2.45) is 0 Å². The van der Waals surface area contributed by atoms with Crippen LogP contribution in [0.3, 0.4) is 0 Å². The Morgan fingerprint density at radius 2 is 2.13 bits per heavy atom. The highest BCUT2D eigenvalue weighted by Gasteiger charge is 2.09. The fraction of sp³-hybridized carbons (Fsp3) is 0.412. The molecule has 0 aliphatic rings. The SMILES string of the molecule is COCCCNC(=O)c1ccn(COc2cc(C)ccc2C)n1. The van der Waals surface area contributed by atoms with Crippen LogP contribution in [0.2, 0.25) is 0 Å². The highest BCUT2D eigenvalue weighted by Crippen LogP contribution is 2.19. The van der Waals surface area contributed by atoms with Gasteiger partial charge in [0.05, 0.1) is 0 Å². The molecule has 1 amide bonds. The minimum absolute atomic E-state index is 0.188. The second-order valence-corrected chi connectivity index (χ2v) is 5.39. The van der Waals surface area contributed by atoms with E-state index in [0.29, 0.717) is 18.8 Å². The van der Waals surface area contributed by atoms with Crippen molar-refractivity contribution in [3.63, 3.8) is 0 Å². The summed E-state index contributed by atoms with van der Waals surface area (Å²) in [6.07, 6.45) is 2.51. The van der Waals surface area contributed by atoms with E-state index in [1.807, 2.05) is 32.0 Å². The molecule has 0 atom stereocenters. The van der Waals surface area contributed by atoms with Crippen molar-refractivity contribution in [1.29, 1.82) is 0 Å². The number of methoxy groups -OCH3 is 1. The number of carbonyl (C=O) groups is 1. The van der Waals surface area contributed by atoms with E-state index in [4.69, 9.17) is 9.47 Å². The summed E-state index contributed by atoms with van der Waals surface area (Å²) in [4.78, 5) is 11.9. The van der Waals surface area contributed by atoms with Crippen molar-refractivity contribution in [2.45, 2.75) is 27.0 Å². The zero-order valence-corrected chi connectivity index (χ0v) is 13.8. The van der Waals surface area contributed by atoms with E-state index in [2.05, 4.69) is 10.4 Å². The monoisotopic (exact) mass is 317 g/mol. The van der Waals surface area contributed by atoms with Crippen LogP contribution in [-0.4, -0.2) is 35.9 Å². The Morgan fingerprint density at radius 1 is 1.30 bits per heavy atom. The molecule has 2 rings (SSSR count). The van der Waals surface area contributed by atoms with Gasteiger partial charge < -0.3 is 14.8 Å². The van der Waals surface area contributed by atoms with E-state index in [9.17, 15) is 4.79 Å². The summed E-state index contributed by atoms with van der Waals surface area (Å²) >= 11 is 0. The lowest BCUT2D eigenvalue weighted by Crippen LogP contribution is -2.25. The smallest absolute Gasteiger partial charge is 0.271 e. The van der Waals surface area contributed by atoms with Gasteiger partial charge in [0, 0.05) is 26.5 Å². The summed E-state index contributed by atoms with van der Waals surface area (Å²) in [5, 5.41) is 7.03. The fourth-order valence-corrected chi connectivity index (χ4v) is 2.06. The molecule has 6 nitrogen and oxygen atoms in total. The van der Waals surface area contributed by atoms with E-state index >= 15 is 0 Å². The first-order chi connectivity index (χ1) is 11.1. The Labute approximate surface area is 136 Å². The van der Waals surface area contributed by atoms with Crippen LogP contribution in [0, 0.1) is 13.8 Å². The normalized spacial score (nSPS) is 10.6. The summed E-state index contributed by atoms with van der Waals surface area (Å²) in [5.41, 5.74) is 2.59. The molecule has 23 heavy (non-hydrogen) atoms. The van der Waals surface area contributed by atoms with E-state index in [1.54, 1.807) is 24.1 Å². The zero-order chi connectivity index (χ0) is 16.7. The number of nitrogens with zero attached hydrogens (tertiary/aromatic N) is 2. The van der Waals surface area contributed by atoms with E-state index in [1.165, 1.54) is 0 Å². The van der Waals surface area contributed by atoms with Gasteiger partial charge in [-0.05, 0) is 43.5 Å². The molecule has 0 aliphatic carbocycles. The van der Waals surface area contributed by atoms with Crippen molar-refractivity contribution in [3.8, 4) is 5.75 Å². The van der Waals surface area contributed by atoms with Gasteiger partial charge in [-0.25, -0.2) is 4.68 Å². The third-order valence-electron chi connectivity index (χ3n) is 3.38. The predicted octanol–water partition coefficient (Wildman–Crippen LogP) is 2.30. The van der Waals surface area contributed by atoms with E-state index in [0.717, 1.165) is 23.3 Å². The van der Waals surface area contributed by atoms with Gasteiger partial charge in [-0.1, -0.05) is 12.1 Å². The summed E-state index contributed by atoms with van der Waals surface area (Å²) < 4.78 is 12.3. The first-order valence-electron chi connectivity index (χ1n) is 7.61. The Balaban J connectivity index is 1.87. The van der Waals surface area contributed by atoms with Gasteiger partial charge in [0.1, 0.15) is 11.4 Å². The molecule has 0 spiro atoms. The number of nitrogens with one attached hydrogen (secondary N) is 1. The fourth-order valence-electron chi connectivity index (χ4n) is 2.06. The Morgan fingerprint density at radius 3 is 2.91 bits per heavy atom. The number of carbonyl (C=O) groups excluding carboxylic acids is 1. The molecule has 1 N–H and O–H groups in total. The van der Waals surface area contributed by atoms with E-state index < -0.39 is 0 Å². The number of aryl methyl sites for hydroxylation is 2. The van der Waals surface area contributed by atoms with Crippen LogP contribution in [0.1, 0.15) is 28.0 Å². The van der Waals surface area contributed by atoms with Gasteiger partial charge >= 0.3 is 0 Å². The summed E-state index contributed by atoms with van der Waals surface area (Å²) in [6.45, 7) is 5.47. The molecule has 0 saturated carbocycles. The van der Waals surface area contributed by atoms with Crippen LogP contribution in [0.15, 0.2) is 30.5 Å². The third-order valence-corrected chi connectivity index (χ3v) is 3.38. The topological polar surface area (TPSA) is 65.4 Å². The minimum Gasteiger partial charge on any atom is -0.471 e.